The Morgan fingerprint density at radius 3 is 2.86 bits per heavy atom. The Hall–Kier alpha value is -2.97. The van der Waals surface area contributed by atoms with E-state index in [0.29, 0.717) is 42.7 Å². The molecule has 5 rings (SSSR count). The molecule has 0 saturated carbocycles. The second-order valence-electron chi connectivity index (χ2n) is 9.59. The number of hydrogen-bond donors (Lipinski definition) is 1. The van der Waals surface area contributed by atoms with Crippen molar-refractivity contribution in [2.24, 2.45) is 0 Å². The van der Waals surface area contributed by atoms with E-state index in [2.05, 4.69) is 22.1 Å². The van der Waals surface area contributed by atoms with Crippen LogP contribution < -0.4 is 5.32 Å². The van der Waals surface area contributed by atoms with Crippen molar-refractivity contribution in [3.8, 4) is 0 Å². The number of imidazole rings is 1. The van der Waals surface area contributed by atoms with Crippen LogP contribution in [0.5, 0.6) is 0 Å². The van der Waals surface area contributed by atoms with Gasteiger partial charge in [0.1, 0.15) is 5.82 Å². The third kappa shape index (κ3) is 5.04. The van der Waals surface area contributed by atoms with E-state index < -0.39 is 5.82 Å². The highest BCUT2D eigenvalue weighted by Crippen LogP contribution is 2.32. The van der Waals surface area contributed by atoms with E-state index in [1.54, 1.807) is 29.6 Å². The molecule has 1 N–H and O–H groups in total. The lowest BCUT2D eigenvalue weighted by atomic mass is 9.84. The third-order valence-electron chi connectivity index (χ3n) is 7.28. The van der Waals surface area contributed by atoms with Crippen LogP contribution in [0.25, 0.3) is 5.52 Å². The topological polar surface area (TPSA) is 70.0 Å². The molecule has 0 spiro atoms. The molecule has 0 aliphatic carbocycles. The zero-order valence-electron chi connectivity index (χ0n) is 19.7. The Labute approximate surface area is 208 Å². The lowest BCUT2D eigenvalue weighted by molar-refractivity contribution is -0.123. The first kappa shape index (κ1) is 23.8. The molecule has 2 fully saturated rings. The molecule has 1 aromatic carbocycles. The molecular formula is C26H29ClFN5O2. The lowest BCUT2D eigenvalue weighted by Gasteiger charge is -2.39. The maximum absolute atomic E-state index is 14.2. The zero-order valence-corrected chi connectivity index (χ0v) is 20.4. The second kappa shape index (κ2) is 9.95. The first-order valence-electron chi connectivity index (χ1n) is 12.1. The molecule has 2 aromatic heterocycles. The van der Waals surface area contributed by atoms with Gasteiger partial charge in [0.15, 0.2) is 0 Å². The number of carbonyl (C=O) groups is 2. The van der Waals surface area contributed by atoms with Crippen molar-refractivity contribution < 1.29 is 14.0 Å². The Balaban J connectivity index is 1.39. The van der Waals surface area contributed by atoms with E-state index in [9.17, 15) is 14.0 Å². The number of carbonyl (C=O) groups excluding carboxylic acids is 2. The highest BCUT2D eigenvalue weighted by molar-refractivity contribution is 6.30. The highest BCUT2D eigenvalue weighted by Gasteiger charge is 2.35. The van der Waals surface area contributed by atoms with Gasteiger partial charge in [-0.3, -0.25) is 14.5 Å². The molecule has 0 unspecified atom stereocenters. The molecule has 184 valence electrons. The van der Waals surface area contributed by atoms with Crippen molar-refractivity contribution in [1.82, 2.24) is 24.5 Å². The molecule has 35 heavy (non-hydrogen) atoms. The van der Waals surface area contributed by atoms with E-state index in [-0.39, 0.29) is 23.8 Å². The number of pyridine rings is 1. The summed E-state index contributed by atoms with van der Waals surface area (Å²) >= 11 is 6.15. The average Bonchev–Trinajstić information content (AvgIpc) is 3.46. The Morgan fingerprint density at radius 1 is 1.23 bits per heavy atom. The number of benzene rings is 1. The van der Waals surface area contributed by atoms with Crippen LogP contribution in [0.15, 0.2) is 49.1 Å². The number of likely N-dealkylation sites (tertiary alicyclic amines) is 2. The van der Waals surface area contributed by atoms with E-state index in [1.807, 2.05) is 16.7 Å². The largest absolute Gasteiger partial charge is 0.350 e. The third-order valence-corrected chi connectivity index (χ3v) is 7.50. The van der Waals surface area contributed by atoms with Crippen LogP contribution in [0.4, 0.5) is 4.39 Å². The predicted molar refractivity (Wildman–Crippen MR) is 132 cm³/mol. The molecule has 9 heteroatoms. The van der Waals surface area contributed by atoms with Gasteiger partial charge in [-0.1, -0.05) is 11.6 Å². The van der Waals surface area contributed by atoms with Gasteiger partial charge in [0.25, 0.3) is 5.91 Å². The quantitative estimate of drug-likeness (QED) is 0.583. The van der Waals surface area contributed by atoms with Crippen molar-refractivity contribution in [1.29, 1.82) is 0 Å². The Bertz CT molecular complexity index is 1230. The van der Waals surface area contributed by atoms with Gasteiger partial charge >= 0.3 is 0 Å². The van der Waals surface area contributed by atoms with Gasteiger partial charge in [-0.25, -0.2) is 9.37 Å². The van der Waals surface area contributed by atoms with Gasteiger partial charge in [-0.05, 0) is 68.6 Å². The first-order chi connectivity index (χ1) is 16.9. The minimum atomic E-state index is -0.408. The average molecular weight is 498 g/mol. The molecule has 2 aliphatic rings. The maximum Gasteiger partial charge on any atom is 0.256 e. The number of nitrogens with zero attached hydrogens (tertiary/aromatic N) is 4. The summed E-state index contributed by atoms with van der Waals surface area (Å²) in [6, 6.07) is 8.13. The van der Waals surface area contributed by atoms with E-state index >= 15 is 0 Å². The molecule has 0 bridgehead atoms. The smallest absolute Gasteiger partial charge is 0.256 e. The highest BCUT2D eigenvalue weighted by atomic mass is 35.5. The fraction of sp³-hybridized carbons (Fsp3) is 0.423. The number of hydrogen-bond acceptors (Lipinski definition) is 4. The molecule has 7 nitrogen and oxygen atoms in total. The van der Waals surface area contributed by atoms with E-state index in [4.69, 9.17) is 11.6 Å². The van der Waals surface area contributed by atoms with Crippen molar-refractivity contribution in [3.63, 3.8) is 0 Å². The summed E-state index contributed by atoms with van der Waals surface area (Å²) in [5.41, 5.74) is 2.04. The summed E-state index contributed by atoms with van der Waals surface area (Å²) in [6.07, 6.45) is 7.94. The summed E-state index contributed by atoms with van der Waals surface area (Å²) in [4.78, 5) is 34.6. The lowest BCUT2D eigenvalue weighted by Crippen LogP contribution is -2.54. The van der Waals surface area contributed by atoms with Gasteiger partial charge in [0.2, 0.25) is 5.91 Å². The molecule has 4 heterocycles. The minimum absolute atomic E-state index is 0.0801. The minimum Gasteiger partial charge on any atom is -0.350 e. The Morgan fingerprint density at radius 2 is 2.09 bits per heavy atom. The summed E-state index contributed by atoms with van der Waals surface area (Å²) in [6.45, 7) is 4.17. The number of piperidine rings is 1. The van der Waals surface area contributed by atoms with E-state index in [1.165, 1.54) is 12.1 Å². The first-order valence-corrected chi connectivity index (χ1v) is 12.5. The Kier molecular flexibility index (Phi) is 6.75. The molecule has 3 aromatic rings. The molecule has 2 aliphatic heterocycles. The monoisotopic (exact) mass is 497 g/mol. The number of halogens is 2. The SMILES string of the molecule is C[C@H]1CCCN1CC(=O)N[C@@H]1CN(C(=O)c2cccn3cncc23)CC[C@H]1c1cc(F)cc(Cl)c1. The number of fused-ring (bicyclic) bond motifs is 1. The molecular weight excluding hydrogens is 469 g/mol. The number of amides is 2. The van der Waals surface area contributed by atoms with Gasteiger partial charge in [-0.15, -0.1) is 0 Å². The van der Waals surface area contributed by atoms with Gasteiger partial charge in [-0.2, -0.15) is 0 Å². The fourth-order valence-electron chi connectivity index (χ4n) is 5.44. The van der Waals surface area contributed by atoms with Crippen molar-refractivity contribution in [2.75, 3.05) is 26.2 Å². The van der Waals surface area contributed by atoms with Crippen LogP contribution in [0.3, 0.4) is 0 Å². The van der Waals surface area contributed by atoms with Crippen molar-refractivity contribution >= 4 is 28.9 Å². The van der Waals surface area contributed by atoms with Crippen LogP contribution in [-0.4, -0.2) is 69.3 Å². The molecule has 3 atom stereocenters. The van der Waals surface area contributed by atoms with Crippen molar-refractivity contribution in [2.45, 2.75) is 44.2 Å². The number of rotatable bonds is 5. The van der Waals surface area contributed by atoms with E-state index in [0.717, 1.165) is 30.5 Å². The van der Waals surface area contributed by atoms with Gasteiger partial charge in [0, 0.05) is 36.3 Å². The van der Waals surface area contributed by atoms with Crippen molar-refractivity contribution in [3.05, 3.63) is 71.0 Å². The van der Waals surface area contributed by atoms with Crippen LogP contribution in [0, 0.1) is 5.82 Å². The van der Waals surface area contributed by atoms with Crippen LogP contribution in [0.2, 0.25) is 5.02 Å². The fourth-order valence-corrected chi connectivity index (χ4v) is 5.67. The van der Waals surface area contributed by atoms with Gasteiger partial charge < -0.3 is 14.6 Å². The van der Waals surface area contributed by atoms with Crippen LogP contribution in [0.1, 0.15) is 48.0 Å². The zero-order chi connectivity index (χ0) is 24.5. The molecule has 2 amide bonds. The summed E-state index contributed by atoms with van der Waals surface area (Å²) in [7, 11) is 0. The standard InChI is InChI=1S/C26H29ClFN5O2/c1-17-4-2-7-31(17)15-25(34)30-23-14-32(9-6-21(23)18-10-19(27)12-20(28)11-18)26(35)22-5-3-8-33-16-29-13-24(22)33/h3,5,8,10-13,16-17,21,23H,2,4,6-7,9,14-15H2,1H3,(H,30,34)/t17-,21-,23+/m0/s1. The maximum atomic E-state index is 14.2. The summed E-state index contributed by atoms with van der Waals surface area (Å²) in [5.74, 6) is -0.755. The molecule has 2 saturated heterocycles. The summed E-state index contributed by atoms with van der Waals surface area (Å²) in [5, 5.41) is 3.49. The molecule has 0 radical (unpaired) electrons. The summed E-state index contributed by atoms with van der Waals surface area (Å²) < 4.78 is 16.0. The van der Waals surface area contributed by atoms with Crippen LogP contribution >= 0.6 is 11.6 Å². The van der Waals surface area contributed by atoms with Crippen LogP contribution in [-0.2, 0) is 4.79 Å². The number of aromatic nitrogens is 2. The normalized spacial score (nSPS) is 23.1. The second-order valence-corrected chi connectivity index (χ2v) is 10.0. The number of nitrogens with one attached hydrogen (secondary N) is 1. The van der Waals surface area contributed by atoms with Gasteiger partial charge in [0.05, 0.1) is 36.2 Å². The predicted octanol–water partition coefficient (Wildman–Crippen LogP) is 3.73.